The molecule has 0 radical (unpaired) electrons. The maximum atomic E-state index is 12.6. The third-order valence-electron chi connectivity index (χ3n) is 4.25. The van der Waals surface area contributed by atoms with Crippen LogP contribution in [0.1, 0.15) is 10.4 Å². The summed E-state index contributed by atoms with van der Waals surface area (Å²) in [6.45, 7) is 3.03. The molecule has 1 heterocycles. The summed E-state index contributed by atoms with van der Waals surface area (Å²) in [6, 6.07) is 11.3. The molecule has 0 aliphatic carbocycles. The molecule has 2 aromatic rings. The van der Waals surface area contributed by atoms with Crippen molar-refractivity contribution in [1.29, 1.82) is 0 Å². The van der Waals surface area contributed by atoms with Crippen LogP contribution in [0, 0.1) is 0 Å². The fourth-order valence-corrected chi connectivity index (χ4v) is 3.36. The monoisotopic (exact) mass is 391 g/mol. The van der Waals surface area contributed by atoms with Crippen molar-refractivity contribution in [3.63, 3.8) is 0 Å². The number of rotatable bonds is 5. The molecule has 2 aromatic carbocycles. The van der Waals surface area contributed by atoms with Crippen molar-refractivity contribution in [3.8, 4) is 5.75 Å². The number of hydrogen-bond donors (Lipinski definition) is 2. The highest BCUT2D eigenvalue weighted by atomic mass is 32.2. The zero-order valence-electron chi connectivity index (χ0n) is 14.8. The smallest absolute Gasteiger partial charge is 0.259 e. The number of sulfonamides is 1. The lowest BCUT2D eigenvalue weighted by Gasteiger charge is -2.28. The van der Waals surface area contributed by atoms with Crippen LogP contribution in [0.2, 0.25) is 0 Å². The molecule has 0 bridgehead atoms. The highest BCUT2D eigenvalue weighted by molar-refractivity contribution is 7.89. The summed E-state index contributed by atoms with van der Waals surface area (Å²) >= 11 is 0. The van der Waals surface area contributed by atoms with Gasteiger partial charge in [0.25, 0.3) is 5.91 Å². The molecule has 0 unspecified atom stereocenters. The predicted octanol–water partition coefficient (Wildman–Crippen LogP) is 1.43. The van der Waals surface area contributed by atoms with E-state index >= 15 is 0 Å². The van der Waals surface area contributed by atoms with Gasteiger partial charge in [-0.25, -0.2) is 13.6 Å². The van der Waals surface area contributed by atoms with E-state index in [9.17, 15) is 13.2 Å². The first kappa shape index (κ1) is 19.2. The summed E-state index contributed by atoms with van der Waals surface area (Å²) < 4.78 is 33.6. The third kappa shape index (κ3) is 4.57. The van der Waals surface area contributed by atoms with E-state index in [-0.39, 0.29) is 16.2 Å². The Bertz CT molecular complexity index is 923. The first-order valence-electron chi connectivity index (χ1n) is 8.33. The Hall–Kier alpha value is -2.62. The summed E-state index contributed by atoms with van der Waals surface area (Å²) in [4.78, 5) is 14.7. The minimum Gasteiger partial charge on any atom is -0.496 e. The van der Waals surface area contributed by atoms with Crippen molar-refractivity contribution < 1.29 is 22.7 Å². The zero-order chi connectivity index (χ0) is 19.4. The van der Waals surface area contributed by atoms with Crippen LogP contribution in [0.5, 0.6) is 5.75 Å². The number of hydrogen-bond acceptors (Lipinski definition) is 6. The molecule has 1 fully saturated rings. The van der Waals surface area contributed by atoms with Crippen molar-refractivity contribution in [2.75, 3.05) is 43.6 Å². The minimum absolute atomic E-state index is 0.0845. The molecule has 144 valence electrons. The van der Waals surface area contributed by atoms with Gasteiger partial charge in [-0.3, -0.25) is 4.79 Å². The largest absolute Gasteiger partial charge is 0.496 e. The quantitative estimate of drug-likeness (QED) is 0.798. The molecule has 8 nitrogen and oxygen atoms in total. The van der Waals surface area contributed by atoms with E-state index in [0.717, 1.165) is 18.8 Å². The summed E-state index contributed by atoms with van der Waals surface area (Å²) in [6.07, 6.45) is 0. The van der Waals surface area contributed by atoms with E-state index in [1.807, 2.05) is 12.1 Å². The number of methoxy groups -OCH3 is 1. The lowest BCUT2D eigenvalue weighted by Crippen LogP contribution is -2.36. The number of carbonyl (C=O) groups is 1. The standard InChI is InChI=1S/C18H21N3O5S/c1-25-17-7-6-15(27(19,23)24)12-16(17)18(22)20-13-2-4-14(5-3-13)21-8-10-26-11-9-21/h2-7,12H,8-11H2,1H3,(H,20,22)(H2,19,23,24). The van der Waals surface area contributed by atoms with Crippen LogP contribution < -0.4 is 20.1 Å². The molecular weight excluding hydrogens is 370 g/mol. The molecule has 0 saturated carbocycles. The summed E-state index contributed by atoms with van der Waals surface area (Å²) in [5.74, 6) is -0.235. The van der Waals surface area contributed by atoms with Crippen molar-refractivity contribution in [2.45, 2.75) is 4.90 Å². The highest BCUT2D eigenvalue weighted by Crippen LogP contribution is 2.24. The maximum absolute atomic E-state index is 12.6. The van der Waals surface area contributed by atoms with Crippen LogP contribution >= 0.6 is 0 Å². The topological polar surface area (TPSA) is 111 Å². The Morgan fingerprint density at radius 2 is 1.81 bits per heavy atom. The number of ether oxygens (including phenoxy) is 2. The number of nitrogens with two attached hydrogens (primary N) is 1. The molecule has 0 spiro atoms. The van der Waals surface area contributed by atoms with Crippen molar-refractivity contribution in [2.24, 2.45) is 5.14 Å². The number of morpholine rings is 1. The number of primary sulfonamides is 1. The number of amides is 1. The number of nitrogens with one attached hydrogen (secondary N) is 1. The summed E-state index contributed by atoms with van der Waals surface area (Å²) in [5, 5.41) is 7.89. The van der Waals surface area contributed by atoms with E-state index in [0.29, 0.717) is 18.9 Å². The molecule has 3 rings (SSSR count). The average molecular weight is 391 g/mol. The first-order chi connectivity index (χ1) is 12.9. The van der Waals surface area contributed by atoms with Crippen LogP contribution in [-0.2, 0) is 14.8 Å². The minimum atomic E-state index is -3.93. The predicted molar refractivity (Wildman–Crippen MR) is 102 cm³/mol. The van der Waals surface area contributed by atoms with Gasteiger partial charge >= 0.3 is 0 Å². The average Bonchev–Trinajstić information content (AvgIpc) is 2.68. The van der Waals surface area contributed by atoms with Crippen LogP contribution in [0.15, 0.2) is 47.4 Å². The van der Waals surface area contributed by atoms with Crippen LogP contribution in [0.25, 0.3) is 0 Å². The van der Waals surface area contributed by atoms with Gasteiger partial charge in [0.15, 0.2) is 0 Å². The fourth-order valence-electron chi connectivity index (χ4n) is 2.82. The molecule has 9 heteroatoms. The Kier molecular flexibility index (Phi) is 5.64. The molecule has 3 N–H and O–H groups in total. The van der Waals surface area contributed by atoms with Crippen molar-refractivity contribution in [1.82, 2.24) is 0 Å². The molecule has 1 saturated heterocycles. The Balaban J connectivity index is 1.78. The van der Waals surface area contributed by atoms with Gasteiger partial charge in [0.05, 0.1) is 30.8 Å². The number of benzene rings is 2. The number of nitrogens with zero attached hydrogens (tertiary/aromatic N) is 1. The highest BCUT2D eigenvalue weighted by Gasteiger charge is 2.18. The molecule has 0 atom stereocenters. The second-order valence-corrected chi connectivity index (χ2v) is 7.57. The van der Waals surface area contributed by atoms with Gasteiger partial charge in [-0.2, -0.15) is 0 Å². The van der Waals surface area contributed by atoms with Gasteiger partial charge in [-0.15, -0.1) is 0 Å². The third-order valence-corrected chi connectivity index (χ3v) is 5.16. The maximum Gasteiger partial charge on any atom is 0.259 e. The second-order valence-electron chi connectivity index (χ2n) is 6.01. The molecule has 1 aliphatic heterocycles. The van der Waals surface area contributed by atoms with E-state index < -0.39 is 15.9 Å². The Morgan fingerprint density at radius 1 is 1.15 bits per heavy atom. The van der Waals surface area contributed by atoms with E-state index in [1.165, 1.54) is 25.3 Å². The molecule has 1 amide bonds. The van der Waals surface area contributed by atoms with Crippen LogP contribution in [0.3, 0.4) is 0 Å². The number of anilines is 2. The summed E-state index contributed by atoms with van der Waals surface area (Å²) in [5.41, 5.74) is 1.71. The van der Waals surface area contributed by atoms with Crippen molar-refractivity contribution >= 4 is 27.3 Å². The number of carbonyl (C=O) groups excluding carboxylic acids is 1. The first-order valence-corrected chi connectivity index (χ1v) is 9.88. The van der Waals surface area contributed by atoms with Gasteiger partial charge in [-0.05, 0) is 42.5 Å². The lowest BCUT2D eigenvalue weighted by molar-refractivity contribution is 0.102. The second kappa shape index (κ2) is 7.95. The summed E-state index contributed by atoms with van der Waals surface area (Å²) in [7, 11) is -2.52. The van der Waals surface area contributed by atoms with E-state index in [2.05, 4.69) is 10.2 Å². The fraction of sp³-hybridized carbons (Fsp3) is 0.278. The van der Waals surface area contributed by atoms with Gasteiger partial charge in [-0.1, -0.05) is 0 Å². The van der Waals surface area contributed by atoms with Gasteiger partial charge in [0.2, 0.25) is 10.0 Å². The zero-order valence-corrected chi connectivity index (χ0v) is 15.7. The van der Waals surface area contributed by atoms with Crippen LogP contribution in [-0.4, -0.2) is 47.7 Å². The SMILES string of the molecule is COc1ccc(S(N)(=O)=O)cc1C(=O)Nc1ccc(N2CCOCC2)cc1. The molecular formula is C18H21N3O5S. The van der Waals surface area contributed by atoms with Crippen molar-refractivity contribution in [3.05, 3.63) is 48.0 Å². The van der Waals surface area contributed by atoms with Crippen LogP contribution in [0.4, 0.5) is 11.4 Å². The van der Waals surface area contributed by atoms with Gasteiger partial charge in [0, 0.05) is 24.5 Å². The molecule has 27 heavy (non-hydrogen) atoms. The Morgan fingerprint density at radius 3 is 2.41 bits per heavy atom. The lowest BCUT2D eigenvalue weighted by atomic mass is 10.1. The normalized spacial score (nSPS) is 14.7. The van der Waals surface area contributed by atoms with Gasteiger partial charge in [0.1, 0.15) is 5.75 Å². The Labute approximate surface area is 157 Å². The molecule has 1 aliphatic rings. The van der Waals surface area contributed by atoms with Gasteiger partial charge < -0.3 is 19.7 Å². The molecule has 0 aromatic heterocycles. The van der Waals surface area contributed by atoms with E-state index in [1.54, 1.807) is 12.1 Å². The van der Waals surface area contributed by atoms with E-state index in [4.69, 9.17) is 14.6 Å².